The number of carbonyl (C=O) groups excluding carboxylic acids is 1. The number of aryl methyl sites for hydroxylation is 2. The Bertz CT molecular complexity index is 906. The highest BCUT2D eigenvalue weighted by Gasteiger charge is 2.21. The van der Waals surface area contributed by atoms with E-state index in [9.17, 15) is 9.18 Å². The SMILES string of the molecule is COc1ccc(C(NC(=O)CCc2ccccc2F)c2nccn2C)cc1. The summed E-state index contributed by atoms with van der Waals surface area (Å²) in [5.41, 5.74) is 1.43. The number of hydrogen-bond donors (Lipinski definition) is 1. The molecule has 140 valence electrons. The molecule has 1 N–H and O–H groups in total. The van der Waals surface area contributed by atoms with Crippen molar-refractivity contribution in [3.05, 3.63) is 83.7 Å². The van der Waals surface area contributed by atoms with Gasteiger partial charge in [0.15, 0.2) is 0 Å². The van der Waals surface area contributed by atoms with Gasteiger partial charge in [-0.05, 0) is 35.7 Å². The van der Waals surface area contributed by atoms with Crippen LogP contribution in [0.3, 0.4) is 0 Å². The van der Waals surface area contributed by atoms with Gasteiger partial charge in [-0.2, -0.15) is 0 Å². The lowest BCUT2D eigenvalue weighted by Gasteiger charge is -2.19. The molecule has 0 aliphatic carbocycles. The lowest BCUT2D eigenvalue weighted by Crippen LogP contribution is -2.31. The molecule has 0 aliphatic rings. The van der Waals surface area contributed by atoms with E-state index < -0.39 is 6.04 Å². The largest absolute Gasteiger partial charge is 0.497 e. The summed E-state index contributed by atoms with van der Waals surface area (Å²) in [6.45, 7) is 0. The van der Waals surface area contributed by atoms with E-state index in [0.717, 1.165) is 17.1 Å². The minimum Gasteiger partial charge on any atom is -0.497 e. The third-order valence-electron chi connectivity index (χ3n) is 4.45. The van der Waals surface area contributed by atoms with Crippen molar-refractivity contribution in [2.24, 2.45) is 7.05 Å². The predicted molar refractivity (Wildman–Crippen MR) is 101 cm³/mol. The fourth-order valence-electron chi connectivity index (χ4n) is 2.93. The van der Waals surface area contributed by atoms with Crippen molar-refractivity contribution in [3.63, 3.8) is 0 Å². The molecule has 0 saturated heterocycles. The summed E-state index contributed by atoms with van der Waals surface area (Å²) in [5.74, 6) is 1.01. The van der Waals surface area contributed by atoms with Gasteiger partial charge in [-0.3, -0.25) is 4.79 Å². The molecule has 5 nitrogen and oxygen atoms in total. The smallest absolute Gasteiger partial charge is 0.221 e. The van der Waals surface area contributed by atoms with Crippen LogP contribution < -0.4 is 10.1 Å². The van der Waals surface area contributed by atoms with E-state index in [-0.39, 0.29) is 18.1 Å². The van der Waals surface area contributed by atoms with Crippen molar-refractivity contribution in [2.75, 3.05) is 7.11 Å². The second-order valence-corrected chi connectivity index (χ2v) is 6.26. The molecule has 3 aromatic rings. The van der Waals surface area contributed by atoms with Crippen LogP contribution >= 0.6 is 0 Å². The Kier molecular flexibility index (Phi) is 5.86. The summed E-state index contributed by atoms with van der Waals surface area (Å²) in [7, 11) is 3.49. The molecular formula is C21H22FN3O2. The summed E-state index contributed by atoms with van der Waals surface area (Å²) < 4.78 is 20.8. The van der Waals surface area contributed by atoms with E-state index in [1.165, 1.54) is 6.07 Å². The van der Waals surface area contributed by atoms with Crippen LogP contribution in [-0.2, 0) is 18.3 Å². The van der Waals surface area contributed by atoms with Gasteiger partial charge in [-0.15, -0.1) is 0 Å². The van der Waals surface area contributed by atoms with Crippen molar-refractivity contribution < 1.29 is 13.9 Å². The number of methoxy groups -OCH3 is 1. The standard InChI is InChI=1S/C21H22FN3O2/c1-25-14-13-23-21(25)20(16-7-10-17(27-2)11-8-16)24-19(26)12-9-15-5-3-4-6-18(15)22/h3-8,10-11,13-14,20H,9,12H2,1-2H3,(H,24,26). The van der Waals surface area contributed by atoms with Gasteiger partial charge in [0.2, 0.25) is 5.91 Å². The second-order valence-electron chi connectivity index (χ2n) is 6.26. The highest BCUT2D eigenvalue weighted by atomic mass is 19.1. The predicted octanol–water partition coefficient (Wildman–Crippen LogP) is 3.41. The summed E-state index contributed by atoms with van der Waals surface area (Å²) in [4.78, 5) is 16.9. The van der Waals surface area contributed by atoms with Crippen LogP contribution in [0, 0.1) is 5.82 Å². The highest BCUT2D eigenvalue weighted by Crippen LogP contribution is 2.23. The zero-order valence-corrected chi connectivity index (χ0v) is 15.4. The van der Waals surface area contributed by atoms with E-state index in [1.54, 1.807) is 31.5 Å². The van der Waals surface area contributed by atoms with Gasteiger partial charge >= 0.3 is 0 Å². The fraction of sp³-hybridized carbons (Fsp3) is 0.238. The van der Waals surface area contributed by atoms with Crippen LogP contribution in [-0.4, -0.2) is 22.6 Å². The van der Waals surface area contributed by atoms with E-state index in [2.05, 4.69) is 10.3 Å². The Labute approximate surface area is 157 Å². The number of amides is 1. The van der Waals surface area contributed by atoms with Gasteiger partial charge in [-0.1, -0.05) is 30.3 Å². The number of aromatic nitrogens is 2. The molecule has 2 aromatic carbocycles. The topological polar surface area (TPSA) is 56.1 Å². The third-order valence-corrected chi connectivity index (χ3v) is 4.45. The van der Waals surface area contributed by atoms with Crippen LogP contribution in [0.1, 0.15) is 29.4 Å². The molecule has 1 atom stereocenters. The molecular weight excluding hydrogens is 345 g/mol. The number of ether oxygens (including phenoxy) is 1. The summed E-state index contributed by atoms with van der Waals surface area (Å²) in [6.07, 6.45) is 4.06. The van der Waals surface area contributed by atoms with Crippen LogP contribution in [0.4, 0.5) is 4.39 Å². The van der Waals surface area contributed by atoms with Crippen molar-refractivity contribution in [1.82, 2.24) is 14.9 Å². The van der Waals surface area contributed by atoms with E-state index in [0.29, 0.717) is 12.0 Å². The average Bonchev–Trinajstić information content (AvgIpc) is 3.11. The number of imidazole rings is 1. The Morgan fingerprint density at radius 3 is 2.59 bits per heavy atom. The number of nitrogens with one attached hydrogen (secondary N) is 1. The molecule has 1 aromatic heterocycles. The quantitative estimate of drug-likeness (QED) is 0.696. The minimum atomic E-state index is -0.399. The first kappa shape index (κ1) is 18.6. The number of benzene rings is 2. The summed E-state index contributed by atoms with van der Waals surface area (Å²) in [6, 6.07) is 13.6. The fourth-order valence-corrected chi connectivity index (χ4v) is 2.93. The minimum absolute atomic E-state index is 0.165. The number of hydrogen-bond acceptors (Lipinski definition) is 3. The Morgan fingerprint density at radius 2 is 1.96 bits per heavy atom. The van der Waals surface area contributed by atoms with E-state index in [4.69, 9.17) is 4.74 Å². The number of nitrogens with zero attached hydrogens (tertiary/aromatic N) is 2. The van der Waals surface area contributed by atoms with E-state index in [1.807, 2.05) is 42.1 Å². The molecule has 0 bridgehead atoms. The zero-order chi connectivity index (χ0) is 19.2. The Morgan fingerprint density at radius 1 is 1.22 bits per heavy atom. The maximum absolute atomic E-state index is 13.8. The number of carbonyl (C=O) groups is 1. The van der Waals surface area contributed by atoms with Crippen molar-refractivity contribution >= 4 is 5.91 Å². The van der Waals surface area contributed by atoms with Gasteiger partial charge in [-0.25, -0.2) is 9.37 Å². The van der Waals surface area contributed by atoms with Gasteiger partial charge in [0, 0.05) is 25.9 Å². The molecule has 0 aliphatic heterocycles. The highest BCUT2D eigenvalue weighted by molar-refractivity contribution is 5.77. The normalized spacial score (nSPS) is 11.8. The Hall–Kier alpha value is -3.15. The molecule has 0 saturated carbocycles. The average molecular weight is 367 g/mol. The lowest BCUT2D eigenvalue weighted by molar-refractivity contribution is -0.121. The first-order valence-electron chi connectivity index (χ1n) is 8.72. The van der Waals surface area contributed by atoms with Gasteiger partial charge in [0.25, 0.3) is 0 Å². The molecule has 1 heterocycles. The monoisotopic (exact) mass is 367 g/mol. The molecule has 6 heteroatoms. The van der Waals surface area contributed by atoms with Crippen molar-refractivity contribution in [1.29, 1.82) is 0 Å². The molecule has 1 amide bonds. The third kappa shape index (κ3) is 4.53. The van der Waals surface area contributed by atoms with Crippen molar-refractivity contribution in [3.8, 4) is 5.75 Å². The molecule has 27 heavy (non-hydrogen) atoms. The van der Waals surface area contributed by atoms with Crippen LogP contribution in [0.5, 0.6) is 5.75 Å². The van der Waals surface area contributed by atoms with Gasteiger partial charge in [0.05, 0.1) is 7.11 Å². The maximum atomic E-state index is 13.8. The van der Waals surface area contributed by atoms with Crippen LogP contribution in [0.25, 0.3) is 0 Å². The lowest BCUT2D eigenvalue weighted by atomic mass is 10.0. The van der Waals surface area contributed by atoms with Gasteiger partial charge in [0.1, 0.15) is 23.4 Å². The van der Waals surface area contributed by atoms with Crippen LogP contribution in [0.2, 0.25) is 0 Å². The van der Waals surface area contributed by atoms with Gasteiger partial charge < -0.3 is 14.6 Å². The maximum Gasteiger partial charge on any atom is 0.221 e. The first-order chi connectivity index (χ1) is 13.1. The number of halogens is 1. The summed E-state index contributed by atoms with van der Waals surface area (Å²) >= 11 is 0. The Balaban J connectivity index is 1.76. The zero-order valence-electron chi connectivity index (χ0n) is 15.4. The van der Waals surface area contributed by atoms with Crippen molar-refractivity contribution in [2.45, 2.75) is 18.9 Å². The van der Waals surface area contributed by atoms with E-state index >= 15 is 0 Å². The first-order valence-corrected chi connectivity index (χ1v) is 8.72. The number of rotatable bonds is 7. The molecule has 0 radical (unpaired) electrons. The van der Waals surface area contributed by atoms with Crippen LogP contribution in [0.15, 0.2) is 60.9 Å². The molecule has 1 unspecified atom stereocenters. The molecule has 0 fully saturated rings. The molecule has 3 rings (SSSR count). The molecule has 0 spiro atoms. The second kappa shape index (κ2) is 8.49. The summed E-state index contributed by atoms with van der Waals surface area (Å²) in [5, 5.41) is 3.02.